The van der Waals surface area contributed by atoms with Crippen molar-refractivity contribution < 1.29 is 0 Å². The van der Waals surface area contributed by atoms with Gasteiger partial charge in [-0.05, 0) is 60.2 Å². The van der Waals surface area contributed by atoms with E-state index in [1.165, 1.54) is 18.8 Å². The van der Waals surface area contributed by atoms with Crippen molar-refractivity contribution in [1.29, 1.82) is 0 Å². The zero-order chi connectivity index (χ0) is 10.1. The van der Waals surface area contributed by atoms with Crippen LogP contribution in [0, 0.1) is 40.9 Å². The first-order chi connectivity index (χ1) is 6.50. The fourth-order valence-corrected chi connectivity index (χ4v) is 4.96. The van der Waals surface area contributed by atoms with Crippen molar-refractivity contribution >= 4 is 0 Å². The number of rotatable bonds is 2. The first-order valence-electron chi connectivity index (χ1n) is 6.50. The molecule has 0 aromatic rings. The minimum Gasteiger partial charge on any atom is -0.0628 e. The summed E-state index contributed by atoms with van der Waals surface area (Å²) in [6.45, 7) is 9.81. The summed E-state index contributed by atoms with van der Waals surface area (Å²) >= 11 is 0. The zero-order valence-electron chi connectivity index (χ0n) is 10.1. The van der Waals surface area contributed by atoms with Crippen LogP contribution in [0.25, 0.3) is 0 Å². The summed E-state index contributed by atoms with van der Waals surface area (Å²) in [5, 5.41) is 0. The third-order valence-corrected chi connectivity index (χ3v) is 5.32. The Kier molecular flexibility index (Phi) is 1.70. The van der Waals surface area contributed by atoms with Gasteiger partial charge in [0.1, 0.15) is 0 Å². The number of hydrogen-bond acceptors (Lipinski definition) is 0. The molecule has 3 saturated carbocycles. The Morgan fingerprint density at radius 3 is 2.43 bits per heavy atom. The van der Waals surface area contributed by atoms with Crippen molar-refractivity contribution in [2.75, 3.05) is 0 Å². The van der Waals surface area contributed by atoms with Crippen molar-refractivity contribution in [1.82, 2.24) is 0 Å². The quantitative estimate of drug-likeness (QED) is 0.621. The van der Waals surface area contributed by atoms with Gasteiger partial charge in [0.05, 0.1) is 0 Å². The molecule has 0 heteroatoms. The molecule has 3 rings (SSSR count). The fourth-order valence-electron chi connectivity index (χ4n) is 4.96. The lowest BCUT2D eigenvalue weighted by Crippen LogP contribution is -2.46. The maximum Gasteiger partial charge on any atom is -0.0300 e. The molecule has 0 saturated heterocycles. The van der Waals surface area contributed by atoms with Crippen molar-refractivity contribution in [3.63, 3.8) is 0 Å². The molecule has 0 spiro atoms. The van der Waals surface area contributed by atoms with E-state index in [1.807, 2.05) is 0 Å². The van der Waals surface area contributed by atoms with E-state index in [4.69, 9.17) is 0 Å². The van der Waals surface area contributed by atoms with Gasteiger partial charge in [-0.2, -0.15) is 0 Å². The third kappa shape index (κ3) is 1.06. The van der Waals surface area contributed by atoms with Crippen LogP contribution in [0.2, 0.25) is 0 Å². The van der Waals surface area contributed by atoms with Crippen LogP contribution < -0.4 is 0 Å². The van der Waals surface area contributed by atoms with Gasteiger partial charge >= 0.3 is 0 Å². The Morgan fingerprint density at radius 2 is 1.86 bits per heavy atom. The lowest BCUT2D eigenvalue weighted by molar-refractivity contribution is -0.0402. The highest BCUT2D eigenvalue weighted by atomic mass is 14.7. The van der Waals surface area contributed by atoms with E-state index in [0.717, 1.165) is 29.6 Å². The molecule has 3 aliphatic rings. The second-order valence-electron chi connectivity index (χ2n) is 7.24. The highest BCUT2D eigenvalue weighted by molar-refractivity contribution is 5.16. The van der Waals surface area contributed by atoms with Gasteiger partial charge in [0, 0.05) is 0 Å². The molecule has 0 aliphatic heterocycles. The van der Waals surface area contributed by atoms with Crippen molar-refractivity contribution in [2.24, 2.45) is 40.9 Å². The first kappa shape index (κ1) is 9.24. The first-order valence-corrected chi connectivity index (χ1v) is 6.50. The van der Waals surface area contributed by atoms with Crippen molar-refractivity contribution in [3.8, 4) is 0 Å². The van der Waals surface area contributed by atoms with E-state index >= 15 is 0 Å². The maximum atomic E-state index is 2.51. The second kappa shape index (κ2) is 2.57. The smallest absolute Gasteiger partial charge is 0.0300 e. The topological polar surface area (TPSA) is 0 Å². The molecule has 80 valence electrons. The highest BCUT2D eigenvalue weighted by Gasteiger charge is 2.67. The lowest BCUT2D eigenvalue weighted by atomic mass is 9.52. The van der Waals surface area contributed by atoms with Crippen LogP contribution >= 0.6 is 0 Å². The van der Waals surface area contributed by atoms with Gasteiger partial charge < -0.3 is 0 Å². The summed E-state index contributed by atoms with van der Waals surface area (Å²) in [5.41, 5.74) is 0.692. The van der Waals surface area contributed by atoms with E-state index in [-0.39, 0.29) is 0 Å². The van der Waals surface area contributed by atoms with Gasteiger partial charge in [0.2, 0.25) is 0 Å². The molecule has 5 unspecified atom stereocenters. The molecule has 0 amide bonds. The molecule has 0 aromatic heterocycles. The van der Waals surface area contributed by atoms with Crippen LogP contribution in [0.3, 0.4) is 0 Å². The standard InChI is InChI=1S/C14H24/c1-8(2)5-11-9-6-10(9)12-7-14(3,4)13(11)12/h8-13H,5-7H2,1-4H3. The Hall–Kier alpha value is 0. The molecule has 14 heavy (non-hydrogen) atoms. The summed E-state index contributed by atoms with van der Waals surface area (Å²) in [6.07, 6.45) is 4.63. The molecule has 0 N–H and O–H groups in total. The van der Waals surface area contributed by atoms with Crippen LogP contribution in [-0.4, -0.2) is 0 Å². The minimum atomic E-state index is 0.692. The Balaban J connectivity index is 1.77. The molecule has 0 aromatic carbocycles. The lowest BCUT2D eigenvalue weighted by Gasteiger charge is -2.53. The van der Waals surface area contributed by atoms with Crippen LogP contribution in [0.4, 0.5) is 0 Å². The summed E-state index contributed by atoms with van der Waals surface area (Å²) in [5.74, 6) is 6.61. The molecule has 0 nitrogen and oxygen atoms in total. The normalized spacial score (nSPS) is 52.5. The van der Waals surface area contributed by atoms with E-state index in [0.29, 0.717) is 5.41 Å². The van der Waals surface area contributed by atoms with Crippen molar-refractivity contribution in [3.05, 3.63) is 0 Å². The zero-order valence-corrected chi connectivity index (χ0v) is 10.1. The van der Waals surface area contributed by atoms with Gasteiger partial charge in [-0.1, -0.05) is 27.7 Å². The predicted molar refractivity (Wildman–Crippen MR) is 59.9 cm³/mol. The monoisotopic (exact) mass is 192 g/mol. The molecular weight excluding hydrogens is 168 g/mol. The second-order valence-corrected chi connectivity index (χ2v) is 7.24. The van der Waals surface area contributed by atoms with Crippen LogP contribution in [0.15, 0.2) is 0 Å². The van der Waals surface area contributed by atoms with Crippen LogP contribution in [0.5, 0.6) is 0 Å². The van der Waals surface area contributed by atoms with E-state index < -0.39 is 0 Å². The van der Waals surface area contributed by atoms with Gasteiger partial charge in [-0.3, -0.25) is 0 Å². The number of fused-ring (bicyclic) bond motifs is 3. The van der Waals surface area contributed by atoms with E-state index in [2.05, 4.69) is 27.7 Å². The van der Waals surface area contributed by atoms with E-state index in [9.17, 15) is 0 Å². The summed E-state index contributed by atoms with van der Waals surface area (Å²) in [6, 6.07) is 0. The van der Waals surface area contributed by atoms with Gasteiger partial charge in [0.25, 0.3) is 0 Å². The fraction of sp³-hybridized carbons (Fsp3) is 1.00. The largest absolute Gasteiger partial charge is 0.0628 e. The number of hydrogen-bond donors (Lipinski definition) is 0. The van der Waals surface area contributed by atoms with Gasteiger partial charge in [-0.25, -0.2) is 0 Å². The molecule has 0 bridgehead atoms. The van der Waals surface area contributed by atoms with E-state index in [1.54, 1.807) is 6.42 Å². The van der Waals surface area contributed by atoms with Gasteiger partial charge in [0.15, 0.2) is 0 Å². The Labute approximate surface area is 88.5 Å². The predicted octanol–water partition coefficient (Wildman–Crippen LogP) is 3.96. The highest BCUT2D eigenvalue weighted by Crippen LogP contribution is 2.74. The molecule has 3 fully saturated rings. The maximum absolute atomic E-state index is 2.51. The van der Waals surface area contributed by atoms with Crippen LogP contribution in [-0.2, 0) is 0 Å². The molecular formula is C14H24. The summed E-state index contributed by atoms with van der Waals surface area (Å²) < 4.78 is 0. The van der Waals surface area contributed by atoms with Crippen LogP contribution in [0.1, 0.15) is 47.0 Å². The Morgan fingerprint density at radius 1 is 1.14 bits per heavy atom. The Bertz CT molecular complexity index is 251. The molecule has 0 radical (unpaired) electrons. The summed E-state index contributed by atoms with van der Waals surface area (Å²) in [7, 11) is 0. The average molecular weight is 192 g/mol. The molecule has 3 aliphatic carbocycles. The van der Waals surface area contributed by atoms with Gasteiger partial charge in [-0.15, -0.1) is 0 Å². The average Bonchev–Trinajstić information content (AvgIpc) is 2.72. The minimum absolute atomic E-state index is 0.692. The van der Waals surface area contributed by atoms with Crippen molar-refractivity contribution in [2.45, 2.75) is 47.0 Å². The third-order valence-electron chi connectivity index (χ3n) is 5.32. The molecule has 0 heterocycles. The molecule has 5 atom stereocenters. The summed E-state index contributed by atoms with van der Waals surface area (Å²) in [4.78, 5) is 0. The SMILES string of the molecule is CC(C)CC1C2CC2C2CC(C)(C)C12.